The molecule has 6 nitrogen and oxygen atoms in total. The number of methoxy groups -OCH3 is 1. The molecule has 26 heavy (non-hydrogen) atoms. The van der Waals surface area contributed by atoms with Crippen molar-refractivity contribution in [3.05, 3.63) is 64.4 Å². The molecule has 0 unspecified atom stereocenters. The van der Waals surface area contributed by atoms with Crippen LogP contribution in [0.2, 0.25) is 5.02 Å². The number of hydrogen-bond acceptors (Lipinski definition) is 4. The minimum atomic E-state index is -0.774. The Morgan fingerprint density at radius 3 is 2.54 bits per heavy atom. The van der Waals surface area contributed by atoms with Crippen LogP contribution in [0.25, 0.3) is 0 Å². The standard InChI is InChI=1S/C18H18ClFN2O4/c1-25-16-7-6-14(20)8-12(16)10-26-17(23)9-15(22-18(21)24)11-2-4-13(19)5-3-11/h2-8,15H,9-10H2,1H3,(H3,21,22,24)/t15-/m1/s1. The lowest BCUT2D eigenvalue weighted by molar-refractivity contribution is -0.145. The van der Waals surface area contributed by atoms with E-state index in [1.54, 1.807) is 24.3 Å². The van der Waals surface area contributed by atoms with Crippen LogP contribution < -0.4 is 15.8 Å². The van der Waals surface area contributed by atoms with Gasteiger partial charge in [0.2, 0.25) is 0 Å². The Bertz CT molecular complexity index is 783. The van der Waals surface area contributed by atoms with E-state index in [1.807, 2.05) is 0 Å². The van der Waals surface area contributed by atoms with Crippen molar-refractivity contribution in [3.8, 4) is 5.75 Å². The van der Waals surface area contributed by atoms with Gasteiger partial charge in [-0.25, -0.2) is 9.18 Å². The van der Waals surface area contributed by atoms with Crippen molar-refractivity contribution < 1.29 is 23.5 Å². The van der Waals surface area contributed by atoms with Crippen molar-refractivity contribution in [2.45, 2.75) is 19.1 Å². The predicted molar refractivity (Wildman–Crippen MR) is 94.3 cm³/mol. The van der Waals surface area contributed by atoms with Crippen molar-refractivity contribution in [3.63, 3.8) is 0 Å². The minimum Gasteiger partial charge on any atom is -0.496 e. The van der Waals surface area contributed by atoms with Crippen LogP contribution in [-0.2, 0) is 16.1 Å². The third-order valence-electron chi connectivity index (χ3n) is 3.59. The largest absolute Gasteiger partial charge is 0.496 e. The Morgan fingerprint density at radius 2 is 1.92 bits per heavy atom. The third-order valence-corrected chi connectivity index (χ3v) is 3.84. The van der Waals surface area contributed by atoms with Gasteiger partial charge in [0, 0.05) is 10.6 Å². The number of carbonyl (C=O) groups is 2. The van der Waals surface area contributed by atoms with Gasteiger partial charge >= 0.3 is 12.0 Å². The molecule has 0 aliphatic rings. The van der Waals surface area contributed by atoms with E-state index in [4.69, 9.17) is 26.8 Å². The number of rotatable bonds is 7. The number of halogens is 2. The zero-order valence-corrected chi connectivity index (χ0v) is 14.8. The summed E-state index contributed by atoms with van der Waals surface area (Å²) in [5, 5.41) is 3.01. The lowest BCUT2D eigenvalue weighted by Gasteiger charge is -2.17. The van der Waals surface area contributed by atoms with Crippen molar-refractivity contribution in [1.82, 2.24) is 5.32 Å². The number of nitrogens with two attached hydrogens (primary N) is 1. The van der Waals surface area contributed by atoms with Crippen LogP contribution in [0.4, 0.5) is 9.18 Å². The van der Waals surface area contributed by atoms with Gasteiger partial charge in [0.05, 0.1) is 19.6 Å². The SMILES string of the molecule is COc1ccc(F)cc1COC(=O)C[C@@H](NC(N)=O)c1ccc(Cl)cc1. The van der Waals surface area contributed by atoms with Gasteiger partial charge in [-0.2, -0.15) is 0 Å². The van der Waals surface area contributed by atoms with Gasteiger partial charge in [-0.15, -0.1) is 0 Å². The maximum Gasteiger partial charge on any atom is 0.312 e. The highest BCUT2D eigenvalue weighted by Crippen LogP contribution is 2.22. The second-order valence-corrected chi connectivity index (χ2v) is 5.87. The number of urea groups is 1. The van der Waals surface area contributed by atoms with Gasteiger partial charge in [0.15, 0.2) is 0 Å². The summed E-state index contributed by atoms with van der Waals surface area (Å²) in [6, 6.07) is 9.09. The Labute approximate surface area is 155 Å². The summed E-state index contributed by atoms with van der Waals surface area (Å²) in [5.74, 6) is -0.653. The highest BCUT2D eigenvalue weighted by Gasteiger charge is 2.19. The zero-order valence-electron chi connectivity index (χ0n) is 14.0. The molecule has 0 saturated carbocycles. The minimum absolute atomic E-state index is 0.151. The number of amides is 2. The molecule has 2 aromatic carbocycles. The van der Waals surface area contributed by atoms with E-state index >= 15 is 0 Å². The summed E-state index contributed by atoms with van der Waals surface area (Å²) in [4.78, 5) is 23.4. The van der Waals surface area contributed by atoms with E-state index in [0.29, 0.717) is 21.9 Å². The van der Waals surface area contributed by atoms with Crippen LogP contribution in [0.1, 0.15) is 23.6 Å². The average Bonchev–Trinajstić information content (AvgIpc) is 2.60. The fourth-order valence-corrected chi connectivity index (χ4v) is 2.49. The molecule has 0 radical (unpaired) electrons. The molecule has 138 valence electrons. The lowest BCUT2D eigenvalue weighted by atomic mass is 10.0. The maximum absolute atomic E-state index is 13.3. The summed E-state index contributed by atoms with van der Waals surface area (Å²) in [7, 11) is 1.44. The average molecular weight is 381 g/mol. The lowest BCUT2D eigenvalue weighted by Crippen LogP contribution is -2.34. The molecule has 8 heteroatoms. The molecule has 0 aromatic heterocycles. The number of primary amides is 1. The summed E-state index contributed by atoms with van der Waals surface area (Å²) in [6.07, 6.45) is -0.151. The van der Waals surface area contributed by atoms with Crippen LogP contribution >= 0.6 is 11.6 Å². The van der Waals surface area contributed by atoms with Crippen molar-refractivity contribution in [2.24, 2.45) is 5.73 Å². The molecule has 1 atom stereocenters. The molecule has 0 spiro atoms. The predicted octanol–water partition coefficient (Wildman–Crippen LogP) is 3.33. The van der Waals surface area contributed by atoms with Crippen LogP contribution in [0, 0.1) is 5.82 Å². The van der Waals surface area contributed by atoms with Gasteiger partial charge in [-0.05, 0) is 35.9 Å². The van der Waals surface area contributed by atoms with E-state index in [0.717, 1.165) is 0 Å². The van der Waals surface area contributed by atoms with Gasteiger partial charge in [0.1, 0.15) is 18.2 Å². The topological polar surface area (TPSA) is 90.7 Å². The Hall–Kier alpha value is -2.80. The Kier molecular flexibility index (Phi) is 6.80. The molecule has 0 aliphatic heterocycles. The monoisotopic (exact) mass is 380 g/mol. The zero-order chi connectivity index (χ0) is 19.1. The molecule has 3 N–H and O–H groups in total. The molecule has 2 aromatic rings. The third kappa shape index (κ3) is 5.63. The second kappa shape index (κ2) is 9.05. The number of benzene rings is 2. The van der Waals surface area contributed by atoms with Gasteiger partial charge in [-0.1, -0.05) is 23.7 Å². The smallest absolute Gasteiger partial charge is 0.312 e. The van der Waals surface area contributed by atoms with Crippen LogP contribution in [0.5, 0.6) is 5.75 Å². The number of ether oxygens (including phenoxy) is 2. The van der Waals surface area contributed by atoms with E-state index in [1.165, 1.54) is 25.3 Å². The van der Waals surface area contributed by atoms with Gasteiger partial charge in [-0.3, -0.25) is 4.79 Å². The first-order valence-electron chi connectivity index (χ1n) is 7.68. The first-order chi connectivity index (χ1) is 12.4. The van der Waals surface area contributed by atoms with Gasteiger partial charge < -0.3 is 20.5 Å². The van der Waals surface area contributed by atoms with Crippen molar-refractivity contribution in [1.29, 1.82) is 0 Å². The van der Waals surface area contributed by atoms with Crippen LogP contribution in [0.15, 0.2) is 42.5 Å². The first kappa shape index (κ1) is 19.5. The first-order valence-corrected chi connectivity index (χ1v) is 8.06. The van der Waals surface area contributed by atoms with E-state index in [-0.39, 0.29) is 13.0 Å². The highest BCUT2D eigenvalue weighted by atomic mass is 35.5. The number of nitrogens with one attached hydrogen (secondary N) is 1. The Balaban J connectivity index is 2.04. The van der Waals surface area contributed by atoms with Crippen molar-refractivity contribution >= 4 is 23.6 Å². The fraction of sp³-hybridized carbons (Fsp3) is 0.222. The molecular weight excluding hydrogens is 363 g/mol. The fourth-order valence-electron chi connectivity index (χ4n) is 2.36. The second-order valence-electron chi connectivity index (χ2n) is 5.43. The number of hydrogen-bond donors (Lipinski definition) is 2. The molecule has 2 rings (SSSR count). The van der Waals surface area contributed by atoms with E-state index in [2.05, 4.69) is 5.32 Å². The number of esters is 1. The molecule has 0 heterocycles. The summed E-state index contributed by atoms with van der Waals surface area (Å²) in [5.41, 5.74) is 6.21. The summed E-state index contributed by atoms with van der Waals surface area (Å²) < 4.78 is 23.6. The van der Waals surface area contributed by atoms with Gasteiger partial charge in [0.25, 0.3) is 0 Å². The summed E-state index contributed by atoms with van der Waals surface area (Å²) in [6.45, 7) is -0.163. The van der Waals surface area contributed by atoms with Crippen molar-refractivity contribution in [2.75, 3.05) is 7.11 Å². The molecular formula is C18H18ClFN2O4. The molecule has 0 aliphatic carbocycles. The van der Waals surface area contributed by atoms with E-state index < -0.39 is 23.9 Å². The maximum atomic E-state index is 13.3. The molecule has 0 fully saturated rings. The summed E-state index contributed by atoms with van der Waals surface area (Å²) >= 11 is 5.84. The normalized spacial score (nSPS) is 11.5. The molecule has 2 amide bonds. The van der Waals surface area contributed by atoms with Crippen LogP contribution in [0.3, 0.4) is 0 Å². The molecule has 0 saturated heterocycles. The van der Waals surface area contributed by atoms with E-state index in [9.17, 15) is 14.0 Å². The quantitative estimate of drug-likeness (QED) is 0.721. The van der Waals surface area contributed by atoms with Crippen LogP contribution in [-0.4, -0.2) is 19.1 Å². The number of carbonyl (C=O) groups excluding carboxylic acids is 2. The Morgan fingerprint density at radius 1 is 1.23 bits per heavy atom. The highest BCUT2D eigenvalue weighted by molar-refractivity contribution is 6.30. The molecule has 0 bridgehead atoms.